The number of nitro groups is 1. The minimum Gasteiger partial charge on any atom is -0.311 e. The van der Waals surface area contributed by atoms with Crippen molar-refractivity contribution >= 4 is 17.3 Å². The highest BCUT2D eigenvalue weighted by Gasteiger charge is 2.31. The van der Waals surface area contributed by atoms with Crippen LogP contribution in [0.2, 0.25) is 0 Å². The molecule has 0 aliphatic carbocycles. The van der Waals surface area contributed by atoms with E-state index in [1.807, 2.05) is 0 Å². The van der Waals surface area contributed by atoms with Crippen molar-refractivity contribution in [1.29, 1.82) is 0 Å². The first-order valence-electron chi connectivity index (χ1n) is 5.96. The third kappa shape index (κ3) is 2.29. The van der Waals surface area contributed by atoms with Crippen LogP contribution in [0.4, 0.5) is 11.4 Å². The number of nitro benzene ring substituents is 1. The molecular weight excluding hydrogens is 244 g/mol. The fraction of sp³-hybridized carbons (Fsp3) is 0.357. The van der Waals surface area contributed by atoms with E-state index in [1.165, 1.54) is 12.1 Å². The maximum atomic E-state index is 12.0. The van der Waals surface area contributed by atoms with Gasteiger partial charge in [0.15, 0.2) is 0 Å². The number of terminal acetylenes is 1. The summed E-state index contributed by atoms with van der Waals surface area (Å²) in [4.78, 5) is 24.0. The van der Waals surface area contributed by atoms with Crippen LogP contribution in [0.5, 0.6) is 0 Å². The average molecular weight is 258 g/mol. The number of anilines is 1. The van der Waals surface area contributed by atoms with Crippen molar-refractivity contribution in [2.75, 3.05) is 11.4 Å². The minimum absolute atomic E-state index is 0.0250. The number of carbonyl (C=O) groups excluding carboxylic acids is 1. The monoisotopic (exact) mass is 258 g/mol. The molecule has 1 fully saturated rings. The molecule has 1 amide bonds. The smallest absolute Gasteiger partial charge is 0.270 e. The van der Waals surface area contributed by atoms with Crippen LogP contribution in [0.15, 0.2) is 12.1 Å². The molecule has 0 saturated carbocycles. The summed E-state index contributed by atoms with van der Waals surface area (Å²) < 4.78 is 0. The molecule has 5 nitrogen and oxygen atoms in total. The molecule has 1 aliphatic heterocycles. The van der Waals surface area contributed by atoms with Crippen molar-refractivity contribution in [3.8, 4) is 12.3 Å². The van der Waals surface area contributed by atoms with Gasteiger partial charge < -0.3 is 4.90 Å². The number of non-ortho nitro benzene ring substituents is 1. The molecule has 98 valence electrons. The molecule has 0 bridgehead atoms. The van der Waals surface area contributed by atoms with E-state index in [1.54, 1.807) is 18.7 Å². The van der Waals surface area contributed by atoms with E-state index in [-0.39, 0.29) is 17.5 Å². The molecule has 1 saturated heterocycles. The molecule has 1 heterocycles. The molecule has 1 unspecified atom stereocenters. The Balaban J connectivity index is 2.44. The van der Waals surface area contributed by atoms with Gasteiger partial charge in [-0.15, -0.1) is 12.3 Å². The summed E-state index contributed by atoms with van der Waals surface area (Å²) in [5, 5.41) is 10.8. The lowest BCUT2D eigenvalue weighted by atomic mass is 10.1. The molecule has 0 aromatic heterocycles. The number of rotatable bonds is 2. The molecular formula is C14H14N2O3. The van der Waals surface area contributed by atoms with Gasteiger partial charge in [0.2, 0.25) is 5.91 Å². The summed E-state index contributed by atoms with van der Waals surface area (Å²) in [6, 6.07) is 2.97. The van der Waals surface area contributed by atoms with Crippen molar-refractivity contribution in [2.45, 2.75) is 20.3 Å². The Hall–Kier alpha value is -2.35. The van der Waals surface area contributed by atoms with Crippen molar-refractivity contribution in [3.05, 3.63) is 33.4 Å². The average Bonchev–Trinajstić information content (AvgIpc) is 2.70. The van der Waals surface area contributed by atoms with E-state index in [9.17, 15) is 14.9 Å². The normalized spacial score (nSPS) is 18.5. The molecule has 0 N–H and O–H groups in total. The third-order valence-electron chi connectivity index (χ3n) is 3.32. The molecule has 0 spiro atoms. The Labute approximate surface area is 111 Å². The topological polar surface area (TPSA) is 63.5 Å². The third-order valence-corrected chi connectivity index (χ3v) is 3.32. The number of carbonyl (C=O) groups is 1. The molecule has 1 aromatic rings. The van der Waals surface area contributed by atoms with Gasteiger partial charge in [0, 0.05) is 36.7 Å². The maximum absolute atomic E-state index is 12.0. The second-order valence-electron chi connectivity index (χ2n) is 4.76. The largest absolute Gasteiger partial charge is 0.311 e. The molecule has 19 heavy (non-hydrogen) atoms. The minimum atomic E-state index is -0.431. The predicted molar refractivity (Wildman–Crippen MR) is 71.9 cm³/mol. The lowest BCUT2D eigenvalue weighted by Gasteiger charge is -2.21. The van der Waals surface area contributed by atoms with Crippen molar-refractivity contribution in [1.82, 2.24) is 0 Å². The first-order valence-corrected chi connectivity index (χ1v) is 5.96. The summed E-state index contributed by atoms with van der Waals surface area (Å²) in [7, 11) is 0. The zero-order valence-electron chi connectivity index (χ0n) is 10.8. The lowest BCUT2D eigenvalue weighted by molar-refractivity contribution is -0.384. The first-order chi connectivity index (χ1) is 8.93. The first kappa shape index (κ1) is 13.1. The van der Waals surface area contributed by atoms with Gasteiger partial charge in [-0.3, -0.25) is 14.9 Å². The standard InChI is InChI=1S/C14H14N2O3/c1-4-11-7-13(17)15(8-11)14-9(2)5-12(16(18)19)6-10(14)3/h1,5-6,11H,7-8H2,2-3H3. The van der Waals surface area contributed by atoms with Crippen LogP contribution >= 0.6 is 0 Å². The quantitative estimate of drug-likeness (QED) is 0.464. The Morgan fingerprint density at radius 1 is 1.42 bits per heavy atom. The summed E-state index contributed by atoms with van der Waals surface area (Å²) in [5.41, 5.74) is 2.22. The van der Waals surface area contributed by atoms with E-state index in [0.29, 0.717) is 13.0 Å². The van der Waals surface area contributed by atoms with Crippen LogP contribution in [0.1, 0.15) is 17.5 Å². The highest BCUT2D eigenvalue weighted by Crippen LogP contribution is 2.33. The Morgan fingerprint density at radius 3 is 2.42 bits per heavy atom. The second kappa shape index (κ2) is 4.73. The molecule has 1 aromatic carbocycles. The summed E-state index contributed by atoms with van der Waals surface area (Å²) >= 11 is 0. The van der Waals surface area contributed by atoms with E-state index in [4.69, 9.17) is 6.42 Å². The zero-order valence-corrected chi connectivity index (χ0v) is 10.8. The molecule has 5 heteroatoms. The highest BCUT2D eigenvalue weighted by atomic mass is 16.6. The van der Waals surface area contributed by atoms with Crippen LogP contribution in [0.25, 0.3) is 0 Å². The highest BCUT2D eigenvalue weighted by molar-refractivity contribution is 5.97. The number of hydrogen-bond acceptors (Lipinski definition) is 3. The number of amides is 1. The van der Waals surface area contributed by atoms with E-state index >= 15 is 0 Å². The van der Waals surface area contributed by atoms with Gasteiger partial charge in [-0.25, -0.2) is 0 Å². The van der Waals surface area contributed by atoms with Crippen molar-refractivity contribution in [2.24, 2.45) is 5.92 Å². The van der Waals surface area contributed by atoms with Gasteiger partial charge in [0.25, 0.3) is 5.69 Å². The number of benzene rings is 1. The van der Waals surface area contributed by atoms with Gasteiger partial charge in [-0.1, -0.05) is 0 Å². The van der Waals surface area contributed by atoms with Crippen LogP contribution in [-0.2, 0) is 4.79 Å². The Kier molecular flexibility index (Phi) is 3.26. The fourth-order valence-corrected chi connectivity index (χ4v) is 2.50. The van der Waals surface area contributed by atoms with Crippen LogP contribution in [0.3, 0.4) is 0 Å². The molecule has 0 radical (unpaired) electrons. The van der Waals surface area contributed by atoms with Crippen LogP contribution < -0.4 is 4.90 Å². The SMILES string of the molecule is C#CC1CC(=O)N(c2c(C)cc([N+](=O)[O-])cc2C)C1. The Bertz CT molecular complexity index is 578. The summed E-state index contributed by atoms with van der Waals surface area (Å²) in [6.07, 6.45) is 5.70. The molecule has 2 rings (SSSR count). The van der Waals surface area contributed by atoms with Gasteiger partial charge in [0.1, 0.15) is 0 Å². The number of aryl methyl sites for hydroxylation is 2. The van der Waals surface area contributed by atoms with E-state index < -0.39 is 4.92 Å². The van der Waals surface area contributed by atoms with E-state index in [0.717, 1.165) is 16.8 Å². The van der Waals surface area contributed by atoms with Gasteiger partial charge >= 0.3 is 0 Å². The van der Waals surface area contributed by atoms with Crippen LogP contribution in [-0.4, -0.2) is 17.4 Å². The molecule has 1 atom stereocenters. The lowest BCUT2D eigenvalue weighted by Crippen LogP contribution is -2.26. The van der Waals surface area contributed by atoms with Gasteiger partial charge in [0.05, 0.1) is 4.92 Å². The van der Waals surface area contributed by atoms with Crippen molar-refractivity contribution < 1.29 is 9.72 Å². The summed E-state index contributed by atoms with van der Waals surface area (Å²) in [6.45, 7) is 4.02. The van der Waals surface area contributed by atoms with Gasteiger partial charge in [-0.2, -0.15) is 0 Å². The number of nitrogens with zero attached hydrogens (tertiary/aromatic N) is 2. The zero-order chi connectivity index (χ0) is 14.2. The Morgan fingerprint density at radius 2 is 2.00 bits per heavy atom. The predicted octanol–water partition coefficient (Wildman–Crippen LogP) is 2.20. The second-order valence-corrected chi connectivity index (χ2v) is 4.76. The fourth-order valence-electron chi connectivity index (χ4n) is 2.50. The number of hydrogen-bond donors (Lipinski definition) is 0. The van der Waals surface area contributed by atoms with Crippen LogP contribution in [0, 0.1) is 42.2 Å². The molecule has 1 aliphatic rings. The van der Waals surface area contributed by atoms with Gasteiger partial charge in [-0.05, 0) is 25.0 Å². The summed E-state index contributed by atoms with van der Waals surface area (Å²) in [5.74, 6) is 2.48. The van der Waals surface area contributed by atoms with Crippen molar-refractivity contribution in [3.63, 3.8) is 0 Å². The maximum Gasteiger partial charge on any atom is 0.270 e. The van der Waals surface area contributed by atoms with E-state index in [2.05, 4.69) is 5.92 Å².